The molecule has 4 nitrogen and oxygen atoms in total. The van der Waals surface area contributed by atoms with Gasteiger partial charge in [-0.3, -0.25) is 9.58 Å². The second kappa shape index (κ2) is 6.39. The van der Waals surface area contributed by atoms with E-state index in [0.717, 1.165) is 25.2 Å². The SMILES string of the molecule is Cc1nn(C)cc1CN1CCc2c([nH]c3ccccc23)C1c1ccccc1. The van der Waals surface area contributed by atoms with E-state index in [4.69, 9.17) is 0 Å². The molecule has 0 saturated heterocycles. The fourth-order valence-corrected chi connectivity index (χ4v) is 4.50. The lowest BCUT2D eigenvalue weighted by Crippen LogP contribution is -2.35. The van der Waals surface area contributed by atoms with Gasteiger partial charge in [-0.1, -0.05) is 48.5 Å². The Morgan fingerprint density at radius 3 is 2.63 bits per heavy atom. The third-order valence-electron chi connectivity index (χ3n) is 5.74. The normalized spacial score (nSPS) is 17.3. The first-order valence-corrected chi connectivity index (χ1v) is 9.58. The predicted molar refractivity (Wildman–Crippen MR) is 109 cm³/mol. The molecule has 1 unspecified atom stereocenters. The highest BCUT2D eigenvalue weighted by Crippen LogP contribution is 2.39. The highest BCUT2D eigenvalue weighted by atomic mass is 15.3. The zero-order valence-corrected chi connectivity index (χ0v) is 15.8. The van der Waals surface area contributed by atoms with Crippen molar-refractivity contribution >= 4 is 10.9 Å². The van der Waals surface area contributed by atoms with E-state index < -0.39 is 0 Å². The lowest BCUT2D eigenvalue weighted by atomic mass is 9.92. The summed E-state index contributed by atoms with van der Waals surface area (Å²) in [6.07, 6.45) is 3.22. The molecular weight excluding hydrogens is 332 g/mol. The van der Waals surface area contributed by atoms with Crippen LogP contribution in [0.1, 0.15) is 34.1 Å². The van der Waals surface area contributed by atoms with Crippen molar-refractivity contribution in [1.82, 2.24) is 19.7 Å². The van der Waals surface area contributed by atoms with Gasteiger partial charge in [-0.2, -0.15) is 5.10 Å². The standard InChI is InChI=1S/C23H24N4/c1-16-18(14-26(2)25-16)15-27-13-12-20-19-10-6-7-11-21(19)24-22(20)23(27)17-8-4-3-5-9-17/h3-11,14,23-24H,12-13,15H2,1-2H3. The Kier molecular flexibility index (Phi) is 3.87. The van der Waals surface area contributed by atoms with Gasteiger partial charge in [-0.25, -0.2) is 0 Å². The number of aromatic amines is 1. The van der Waals surface area contributed by atoms with Crippen molar-refractivity contribution < 1.29 is 0 Å². The molecule has 3 heterocycles. The van der Waals surface area contributed by atoms with Gasteiger partial charge in [0.2, 0.25) is 0 Å². The number of hydrogen-bond donors (Lipinski definition) is 1. The molecule has 0 saturated carbocycles. The first kappa shape index (κ1) is 16.3. The number of para-hydroxylation sites is 1. The molecule has 1 N–H and O–H groups in total. The Bertz CT molecular complexity index is 1090. The summed E-state index contributed by atoms with van der Waals surface area (Å²) in [5, 5.41) is 5.90. The van der Waals surface area contributed by atoms with Gasteiger partial charge in [0.25, 0.3) is 0 Å². The zero-order chi connectivity index (χ0) is 18.4. The number of rotatable bonds is 3. The van der Waals surface area contributed by atoms with E-state index in [1.54, 1.807) is 0 Å². The molecule has 0 bridgehead atoms. The number of H-pyrrole nitrogens is 1. The van der Waals surface area contributed by atoms with Crippen LogP contribution in [0.5, 0.6) is 0 Å². The number of hydrogen-bond acceptors (Lipinski definition) is 2. The van der Waals surface area contributed by atoms with Gasteiger partial charge >= 0.3 is 0 Å². The minimum atomic E-state index is 0.238. The van der Waals surface area contributed by atoms with Crippen LogP contribution < -0.4 is 0 Å². The Morgan fingerprint density at radius 1 is 1.07 bits per heavy atom. The van der Waals surface area contributed by atoms with Gasteiger partial charge in [-0.05, 0) is 30.5 Å². The van der Waals surface area contributed by atoms with E-state index in [-0.39, 0.29) is 6.04 Å². The molecule has 27 heavy (non-hydrogen) atoms. The van der Waals surface area contributed by atoms with Crippen LogP contribution in [0.3, 0.4) is 0 Å². The molecule has 1 aliphatic rings. The molecule has 1 atom stereocenters. The van der Waals surface area contributed by atoms with Crippen molar-refractivity contribution in [3.05, 3.63) is 88.9 Å². The van der Waals surface area contributed by atoms with Crippen LogP contribution in [0, 0.1) is 6.92 Å². The smallest absolute Gasteiger partial charge is 0.0760 e. The average Bonchev–Trinajstić information content (AvgIpc) is 3.21. The molecule has 0 fully saturated rings. The summed E-state index contributed by atoms with van der Waals surface area (Å²) in [5.74, 6) is 0. The van der Waals surface area contributed by atoms with Crippen LogP contribution in [0.2, 0.25) is 0 Å². The quantitative estimate of drug-likeness (QED) is 0.592. The summed E-state index contributed by atoms with van der Waals surface area (Å²) in [5.41, 5.74) is 7.81. The van der Waals surface area contributed by atoms with Crippen molar-refractivity contribution in [2.24, 2.45) is 7.05 Å². The van der Waals surface area contributed by atoms with E-state index in [1.165, 1.54) is 33.3 Å². The fraction of sp³-hybridized carbons (Fsp3) is 0.261. The highest BCUT2D eigenvalue weighted by molar-refractivity contribution is 5.85. The molecule has 0 aliphatic carbocycles. The highest BCUT2D eigenvalue weighted by Gasteiger charge is 2.31. The number of aryl methyl sites for hydroxylation is 2. The van der Waals surface area contributed by atoms with Crippen LogP contribution in [-0.4, -0.2) is 26.2 Å². The van der Waals surface area contributed by atoms with Crippen LogP contribution >= 0.6 is 0 Å². The number of fused-ring (bicyclic) bond motifs is 3. The monoisotopic (exact) mass is 356 g/mol. The van der Waals surface area contributed by atoms with Gasteiger partial charge in [0.15, 0.2) is 0 Å². The summed E-state index contributed by atoms with van der Waals surface area (Å²) in [6.45, 7) is 4.06. The maximum absolute atomic E-state index is 4.54. The van der Waals surface area contributed by atoms with Gasteiger partial charge in [-0.15, -0.1) is 0 Å². The lowest BCUT2D eigenvalue weighted by Gasteiger charge is -2.36. The van der Waals surface area contributed by atoms with Gasteiger partial charge in [0.05, 0.1) is 11.7 Å². The molecule has 5 rings (SSSR count). The molecule has 4 aromatic rings. The summed E-state index contributed by atoms with van der Waals surface area (Å²) in [6, 6.07) is 19.8. The van der Waals surface area contributed by atoms with Crippen LogP contribution in [-0.2, 0) is 20.0 Å². The summed E-state index contributed by atoms with van der Waals surface area (Å²) < 4.78 is 1.92. The Hall–Kier alpha value is -2.85. The van der Waals surface area contributed by atoms with E-state index in [9.17, 15) is 0 Å². The number of nitrogens with one attached hydrogen (secondary N) is 1. The molecule has 0 amide bonds. The van der Waals surface area contributed by atoms with E-state index >= 15 is 0 Å². The molecular formula is C23H24N4. The van der Waals surface area contributed by atoms with Crippen molar-refractivity contribution in [2.45, 2.75) is 25.9 Å². The molecule has 2 aromatic heterocycles. The second-order valence-corrected chi connectivity index (χ2v) is 7.51. The Morgan fingerprint density at radius 2 is 1.85 bits per heavy atom. The first-order valence-electron chi connectivity index (χ1n) is 9.58. The molecule has 2 aromatic carbocycles. The Labute approximate surface area is 159 Å². The van der Waals surface area contributed by atoms with Crippen molar-refractivity contribution in [3.63, 3.8) is 0 Å². The first-order chi connectivity index (χ1) is 13.2. The zero-order valence-electron chi connectivity index (χ0n) is 15.8. The van der Waals surface area contributed by atoms with E-state index in [2.05, 4.69) is 82.7 Å². The van der Waals surface area contributed by atoms with Gasteiger partial charge in [0.1, 0.15) is 0 Å². The van der Waals surface area contributed by atoms with E-state index in [1.807, 2.05) is 11.7 Å². The molecule has 0 radical (unpaired) electrons. The maximum atomic E-state index is 4.54. The van der Waals surface area contributed by atoms with Crippen LogP contribution in [0.25, 0.3) is 10.9 Å². The Balaban J connectivity index is 1.62. The summed E-state index contributed by atoms with van der Waals surface area (Å²) >= 11 is 0. The minimum absolute atomic E-state index is 0.238. The largest absolute Gasteiger partial charge is 0.357 e. The lowest BCUT2D eigenvalue weighted by molar-refractivity contribution is 0.201. The predicted octanol–water partition coefficient (Wildman–Crippen LogP) is 4.36. The maximum Gasteiger partial charge on any atom is 0.0760 e. The van der Waals surface area contributed by atoms with Crippen molar-refractivity contribution in [2.75, 3.05) is 6.54 Å². The summed E-state index contributed by atoms with van der Waals surface area (Å²) in [7, 11) is 2.00. The van der Waals surface area contributed by atoms with E-state index in [0.29, 0.717) is 0 Å². The van der Waals surface area contributed by atoms with Gasteiger partial charge in [0, 0.05) is 48.5 Å². The number of nitrogens with zero attached hydrogens (tertiary/aromatic N) is 3. The number of benzene rings is 2. The van der Waals surface area contributed by atoms with Crippen molar-refractivity contribution in [1.29, 1.82) is 0 Å². The van der Waals surface area contributed by atoms with Crippen LogP contribution in [0.15, 0.2) is 60.8 Å². The molecule has 4 heteroatoms. The van der Waals surface area contributed by atoms with Crippen molar-refractivity contribution in [3.8, 4) is 0 Å². The van der Waals surface area contributed by atoms with Crippen LogP contribution in [0.4, 0.5) is 0 Å². The third kappa shape index (κ3) is 2.77. The topological polar surface area (TPSA) is 36.9 Å². The molecule has 136 valence electrons. The van der Waals surface area contributed by atoms with Gasteiger partial charge < -0.3 is 4.98 Å². The second-order valence-electron chi connectivity index (χ2n) is 7.51. The molecule has 0 spiro atoms. The average molecular weight is 356 g/mol. The molecule has 1 aliphatic heterocycles. The summed E-state index contributed by atoms with van der Waals surface area (Å²) in [4.78, 5) is 6.32. The fourth-order valence-electron chi connectivity index (χ4n) is 4.50. The minimum Gasteiger partial charge on any atom is -0.357 e. The number of aromatic nitrogens is 3. The third-order valence-corrected chi connectivity index (χ3v) is 5.74.